The van der Waals surface area contributed by atoms with Crippen LogP contribution in [0.3, 0.4) is 0 Å². The van der Waals surface area contributed by atoms with Crippen molar-refractivity contribution in [2.75, 3.05) is 11.1 Å². The molecule has 0 fully saturated rings. The number of carbonyl (C=O) groups is 1. The minimum Gasteiger partial charge on any atom is -0.323 e. The van der Waals surface area contributed by atoms with Gasteiger partial charge in [-0.1, -0.05) is 47.7 Å². The summed E-state index contributed by atoms with van der Waals surface area (Å²) in [7, 11) is 0. The Morgan fingerprint density at radius 3 is 2.64 bits per heavy atom. The molecule has 6 nitrogen and oxygen atoms in total. The number of benzene rings is 2. The Balaban J connectivity index is 1.49. The number of amides is 1. The molecule has 0 atom stereocenters. The molecule has 2 aromatic carbocycles. The highest BCUT2D eigenvalue weighted by Gasteiger charge is 2.14. The van der Waals surface area contributed by atoms with Crippen LogP contribution in [0.15, 0.2) is 66.0 Å². The van der Waals surface area contributed by atoms with Crippen LogP contribution >= 0.6 is 11.8 Å². The van der Waals surface area contributed by atoms with Gasteiger partial charge in [-0.2, -0.15) is 0 Å². The van der Waals surface area contributed by atoms with Crippen molar-refractivity contribution in [2.24, 2.45) is 0 Å². The zero-order chi connectivity index (χ0) is 19.5. The van der Waals surface area contributed by atoms with E-state index in [0.29, 0.717) is 10.8 Å². The van der Waals surface area contributed by atoms with Gasteiger partial charge in [-0.25, -0.2) is 0 Å². The summed E-state index contributed by atoms with van der Waals surface area (Å²) < 4.78 is 1.96. The van der Waals surface area contributed by atoms with E-state index < -0.39 is 0 Å². The first kappa shape index (κ1) is 18.2. The Morgan fingerprint density at radius 1 is 1.04 bits per heavy atom. The summed E-state index contributed by atoms with van der Waals surface area (Å²) >= 11 is 1.36. The highest BCUT2D eigenvalue weighted by atomic mass is 32.2. The zero-order valence-corrected chi connectivity index (χ0v) is 16.4. The largest absolute Gasteiger partial charge is 0.323 e. The van der Waals surface area contributed by atoms with Gasteiger partial charge in [0.2, 0.25) is 5.91 Å². The molecule has 0 aliphatic carbocycles. The van der Waals surface area contributed by atoms with Gasteiger partial charge < -0.3 is 5.32 Å². The number of thioether (sulfide) groups is 1. The predicted molar refractivity (Wildman–Crippen MR) is 112 cm³/mol. The third-order valence-corrected chi connectivity index (χ3v) is 5.26. The lowest BCUT2D eigenvalue weighted by Gasteiger charge is -2.10. The molecule has 4 rings (SSSR count). The monoisotopic (exact) mass is 389 g/mol. The van der Waals surface area contributed by atoms with Gasteiger partial charge in [-0.15, -0.1) is 10.2 Å². The number of para-hydroxylation sites is 1. The number of anilines is 1. The van der Waals surface area contributed by atoms with Gasteiger partial charge in [0.1, 0.15) is 5.82 Å². The van der Waals surface area contributed by atoms with Crippen molar-refractivity contribution >= 4 is 34.3 Å². The number of carbonyl (C=O) groups excluding carboxylic acids is 1. The Morgan fingerprint density at radius 2 is 1.82 bits per heavy atom. The molecular weight excluding hydrogens is 370 g/mol. The first-order valence-electron chi connectivity index (χ1n) is 8.87. The molecule has 4 aromatic rings. The number of hydrogen-bond donors (Lipinski definition) is 1. The van der Waals surface area contributed by atoms with Gasteiger partial charge >= 0.3 is 0 Å². The van der Waals surface area contributed by atoms with Crippen molar-refractivity contribution in [3.8, 4) is 5.69 Å². The van der Waals surface area contributed by atoms with Gasteiger partial charge in [0, 0.05) is 17.3 Å². The molecule has 0 unspecified atom stereocenters. The summed E-state index contributed by atoms with van der Waals surface area (Å²) in [6, 6.07) is 17.7. The van der Waals surface area contributed by atoms with Crippen molar-refractivity contribution in [3.63, 3.8) is 0 Å². The summed E-state index contributed by atoms with van der Waals surface area (Å²) in [5.41, 5.74) is 3.66. The number of aromatic nitrogens is 4. The molecule has 0 aliphatic rings. The SMILES string of the molecule is Cc1ccc(-n2c(C)nnc2SCC(=O)Nc2cccc3cccnc23)cc1. The molecule has 2 aromatic heterocycles. The summed E-state index contributed by atoms with van der Waals surface area (Å²) in [5, 5.41) is 13.0. The number of aryl methyl sites for hydroxylation is 2. The molecule has 2 heterocycles. The van der Waals surface area contributed by atoms with Crippen LogP contribution in [-0.4, -0.2) is 31.4 Å². The second-order valence-electron chi connectivity index (χ2n) is 6.42. The Bertz CT molecular complexity index is 1130. The van der Waals surface area contributed by atoms with Gasteiger partial charge in [0.25, 0.3) is 0 Å². The van der Waals surface area contributed by atoms with Crippen molar-refractivity contribution in [1.82, 2.24) is 19.7 Å². The number of rotatable bonds is 5. The highest BCUT2D eigenvalue weighted by Crippen LogP contribution is 2.24. The molecule has 0 radical (unpaired) electrons. The third kappa shape index (κ3) is 3.75. The standard InChI is InChI=1S/C21H19N5OS/c1-14-8-10-17(11-9-14)26-15(2)24-25-21(26)28-13-19(27)23-18-7-3-5-16-6-4-12-22-20(16)18/h3-12H,13H2,1-2H3,(H,23,27). The lowest BCUT2D eigenvalue weighted by molar-refractivity contribution is -0.113. The Labute approximate surface area is 167 Å². The van der Waals surface area contributed by atoms with Crippen molar-refractivity contribution in [1.29, 1.82) is 0 Å². The minimum absolute atomic E-state index is 0.112. The lowest BCUT2D eigenvalue weighted by Crippen LogP contribution is -2.15. The summed E-state index contributed by atoms with van der Waals surface area (Å²) in [4.78, 5) is 16.9. The van der Waals surface area contributed by atoms with Crippen LogP contribution < -0.4 is 5.32 Å². The lowest BCUT2D eigenvalue weighted by atomic mass is 10.2. The number of fused-ring (bicyclic) bond motifs is 1. The average molecular weight is 389 g/mol. The normalized spacial score (nSPS) is 10.9. The van der Waals surface area contributed by atoms with E-state index >= 15 is 0 Å². The molecule has 0 aliphatic heterocycles. The summed E-state index contributed by atoms with van der Waals surface area (Å²) in [5.74, 6) is 0.900. The van der Waals surface area contributed by atoms with Crippen LogP contribution in [0.25, 0.3) is 16.6 Å². The van der Waals surface area contributed by atoms with E-state index in [9.17, 15) is 4.79 Å². The molecule has 7 heteroatoms. The molecule has 1 amide bonds. The van der Waals surface area contributed by atoms with Crippen LogP contribution in [-0.2, 0) is 4.79 Å². The summed E-state index contributed by atoms with van der Waals surface area (Å²) in [6.45, 7) is 3.95. The highest BCUT2D eigenvalue weighted by molar-refractivity contribution is 7.99. The average Bonchev–Trinajstić information content (AvgIpc) is 3.08. The molecular formula is C21H19N5OS. The topological polar surface area (TPSA) is 72.7 Å². The molecule has 0 spiro atoms. The van der Waals surface area contributed by atoms with E-state index in [1.165, 1.54) is 17.3 Å². The van der Waals surface area contributed by atoms with E-state index in [0.717, 1.165) is 22.4 Å². The van der Waals surface area contributed by atoms with Crippen LogP contribution in [0.1, 0.15) is 11.4 Å². The second-order valence-corrected chi connectivity index (χ2v) is 7.36. The van der Waals surface area contributed by atoms with Crippen molar-refractivity contribution in [3.05, 3.63) is 72.2 Å². The second kappa shape index (κ2) is 7.82. The molecule has 1 N–H and O–H groups in total. The quantitative estimate of drug-likeness (QED) is 0.519. The van der Waals surface area contributed by atoms with E-state index in [2.05, 4.69) is 20.5 Å². The van der Waals surface area contributed by atoms with E-state index in [-0.39, 0.29) is 11.7 Å². The maximum atomic E-state index is 12.5. The fourth-order valence-corrected chi connectivity index (χ4v) is 3.75. The molecule has 0 saturated heterocycles. The molecule has 28 heavy (non-hydrogen) atoms. The maximum absolute atomic E-state index is 12.5. The number of nitrogens with zero attached hydrogens (tertiary/aromatic N) is 4. The number of pyridine rings is 1. The van der Waals surface area contributed by atoms with Crippen LogP contribution in [0.2, 0.25) is 0 Å². The van der Waals surface area contributed by atoms with Crippen molar-refractivity contribution < 1.29 is 4.79 Å². The number of hydrogen-bond acceptors (Lipinski definition) is 5. The van der Waals surface area contributed by atoms with Gasteiger partial charge in [0.05, 0.1) is 17.0 Å². The van der Waals surface area contributed by atoms with Gasteiger partial charge in [-0.05, 0) is 38.1 Å². The first-order valence-corrected chi connectivity index (χ1v) is 9.86. The molecule has 140 valence electrons. The fourth-order valence-electron chi connectivity index (χ4n) is 2.95. The third-order valence-electron chi connectivity index (χ3n) is 4.33. The summed E-state index contributed by atoms with van der Waals surface area (Å²) in [6.07, 6.45) is 1.72. The number of nitrogens with one attached hydrogen (secondary N) is 1. The van der Waals surface area contributed by atoms with Gasteiger partial charge in [-0.3, -0.25) is 14.3 Å². The molecule has 0 bridgehead atoms. The maximum Gasteiger partial charge on any atom is 0.234 e. The Kier molecular flexibility index (Phi) is 5.08. The van der Waals surface area contributed by atoms with E-state index in [4.69, 9.17) is 0 Å². The van der Waals surface area contributed by atoms with E-state index in [1.807, 2.05) is 73.0 Å². The van der Waals surface area contributed by atoms with E-state index in [1.54, 1.807) is 6.20 Å². The van der Waals surface area contributed by atoms with Gasteiger partial charge in [0.15, 0.2) is 5.16 Å². The smallest absolute Gasteiger partial charge is 0.234 e. The first-order chi connectivity index (χ1) is 13.6. The van der Waals surface area contributed by atoms with Crippen molar-refractivity contribution in [2.45, 2.75) is 19.0 Å². The van der Waals surface area contributed by atoms with Crippen LogP contribution in [0.4, 0.5) is 5.69 Å². The fraction of sp³-hybridized carbons (Fsp3) is 0.143. The van der Waals surface area contributed by atoms with Crippen LogP contribution in [0, 0.1) is 13.8 Å². The zero-order valence-electron chi connectivity index (χ0n) is 15.6. The minimum atomic E-state index is -0.112. The molecule has 0 saturated carbocycles. The Hall–Kier alpha value is -3.19. The van der Waals surface area contributed by atoms with Crippen LogP contribution in [0.5, 0.6) is 0 Å². The predicted octanol–water partition coefficient (Wildman–Crippen LogP) is 4.16.